The van der Waals surface area contributed by atoms with Crippen LogP contribution >= 0.6 is 22.9 Å². The van der Waals surface area contributed by atoms with Crippen molar-refractivity contribution >= 4 is 34.0 Å². The molecule has 0 spiro atoms. The number of hydrogen-bond acceptors (Lipinski definition) is 8. The minimum atomic E-state index is -0.370. The summed E-state index contributed by atoms with van der Waals surface area (Å²) in [5, 5.41) is 12.3. The quantitative estimate of drug-likeness (QED) is 0.464. The molecule has 8 nitrogen and oxygen atoms in total. The van der Waals surface area contributed by atoms with E-state index in [1.165, 1.54) is 30.8 Å². The summed E-state index contributed by atoms with van der Waals surface area (Å²) in [4.78, 5) is 25.3. The molecule has 150 valence electrons. The summed E-state index contributed by atoms with van der Waals surface area (Å²) in [5.74, 6) is 0.125. The zero-order valence-electron chi connectivity index (χ0n) is 16.0. The van der Waals surface area contributed by atoms with Crippen molar-refractivity contribution in [2.45, 2.75) is 6.92 Å². The van der Waals surface area contributed by atoms with Gasteiger partial charge in [-0.3, -0.25) is 20.1 Å². The number of pyridine rings is 3. The lowest BCUT2D eigenvalue weighted by atomic mass is 10.0. The molecule has 0 atom stereocenters. The number of aromatic nitrogens is 5. The van der Waals surface area contributed by atoms with Crippen LogP contribution in [-0.2, 0) is 0 Å². The molecule has 10 heteroatoms. The molecule has 4 rings (SSSR count). The van der Waals surface area contributed by atoms with Crippen molar-refractivity contribution in [3.63, 3.8) is 0 Å². The topological polar surface area (TPSA) is 103 Å². The van der Waals surface area contributed by atoms with E-state index < -0.39 is 0 Å². The van der Waals surface area contributed by atoms with Gasteiger partial charge in [-0.2, -0.15) is 0 Å². The largest absolute Gasteiger partial charge is 0.494 e. The van der Waals surface area contributed by atoms with Gasteiger partial charge in [-0.25, -0.2) is 4.98 Å². The second-order valence-corrected chi connectivity index (χ2v) is 7.55. The van der Waals surface area contributed by atoms with Gasteiger partial charge in [0.05, 0.1) is 18.9 Å². The van der Waals surface area contributed by atoms with Gasteiger partial charge >= 0.3 is 0 Å². The molecule has 30 heavy (non-hydrogen) atoms. The molecule has 0 aliphatic heterocycles. The van der Waals surface area contributed by atoms with Crippen LogP contribution in [0.25, 0.3) is 21.7 Å². The molecule has 0 bridgehead atoms. The Labute approximate surface area is 181 Å². The third kappa shape index (κ3) is 4.12. The molecule has 4 aromatic heterocycles. The van der Waals surface area contributed by atoms with Crippen molar-refractivity contribution in [1.29, 1.82) is 0 Å². The lowest BCUT2D eigenvalue weighted by molar-refractivity contribution is 0.102. The van der Waals surface area contributed by atoms with Crippen LogP contribution in [0.4, 0.5) is 5.13 Å². The van der Waals surface area contributed by atoms with Crippen molar-refractivity contribution in [3.8, 4) is 27.4 Å². The number of nitrogens with one attached hydrogen (secondary N) is 1. The summed E-state index contributed by atoms with van der Waals surface area (Å²) in [6.45, 7) is 1.84. The Hall–Kier alpha value is -3.43. The van der Waals surface area contributed by atoms with E-state index in [1.54, 1.807) is 24.5 Å². The van der Waals surface area contributed by atoms with Crippen molar-refractivity contribution < 1.29 is 9.53 Å². The average molecular weight is 439 g/mol. The Morgan fingerprint density at radius 1 is 1.10 bits per heavy atom. The summed E-state index contributed by atoms with van der Waals surface area (Å²) in [6, 6.07) is 7.10. The number of methoxy groups -OCH3 is 1. The molecule has 0 saturated carbocycles. The number of amides is 1. The summed E-state index contributed by atoms with van der Waals surface area (Å²) >= 11 is 7.35. The fourth-order valence-corrected chi connectivity index (χ4v) is 3.71. The van der Waals surface area contributed by atoms with E-state index in [4.69, 9.17) is 16.3 Å². The minimum absolute atomic E-state index is 0.290. The Kier molecular flexibility index (Phi) is 5.64. The number of rotatable bonds is 5. The fraction of sp³-hybridized carbons (Fsp3) is 0.100. The van der Waals surface area contributed by atoms with Gasteiger partial charge in [0, 0.05) is 41.0 Å². The van der Waals surface area contributed by atoms with Gasteiger partial charge in [0.15, 0.2) is 0 Å². The molecule has 1 N–H and O–H groups in total. The molecule has 0 saturated heterocycles. The lowest BCUT2D eigenvalue weighted by Gasteiger charge is -2.13. The normalized spacial score (nSPS) is 10.6. The number of carbonyl (C=O) groups is 1. The molecule has 1 amide bonds. The van der Waals surface area contributed by atoms with Crippen LogP contribution in [0.3, 0.4) is 0 Å². The maximum Gasteiger partial charge on any atom is 0.259 e. The number of halogens is 1. The first-order valence-electron chi connectivity index (χ1n) is 8.77. The molecule has 0 fully saturated rings. The predicted octanol–water partition coefficient (Wildman–Crippen LogP) is 4.28. The third-order valence-corrected chi connectivity index (χ3v) is 5.30. The van der Waals surface area contributed by atoms with Gasteiger partial charge in [-0.05, 0) is 31.2 Å². The molecule has 0 unspecified atom stereocenters. The number of ether oxygens (including phenoxy) is 1. The number of hydrogen-bond donors (Lipinski definition) is 1. The van der Waals surface area contributed by atoms with Gasteiger partial charge in [0.25, 0.3) is 5.91 Å². The first-order valence-corrected chi connectivity index (χ1v) is 9.96. The summed E-state index contributed by atoms with van der Waals surface area (Å²) < 4.78 is 5.40. The van der Waals surface area contributed by atoms with E-state index in [-0.39, 0.29) is 11.1 Å². The summed E-state index contributed by atoms with van der Waals surface area (Å²) in [6.07, 6.45) is 6.37. The number of nitrogens with zero attached hydrogens (tertiary/aromatic N) is 5. The molecule has 0 aliphatic rings. The van der Waals surface area contributed by atoms with E-state index >= 15 is 0 Å². The maximum absolute atomic E-state index is 13.0. The van der Waals surface area contributed by atoms with E-state index in [0.717, 1.165) is 11.3 Å². The molecule has 0 aromatic carbocycles. The smallest absolute Gasteiger partial charge is 0.259 e. The molecular weight excluding hydrogens is 424 g/mol. The SMILES string of the molecule is COc1cnc(Cl)cc1-c1cc(C)ncc1C(=O)Nc1nnc(-c2ccncc2)s1. The number of carbonyl (C=O) groups excluding carboxylic acids is 1. The molecular formula is C20H15ClN6O2S. The second kappa shape index (κ2) is 8.52. The van der Waals surface area contributed by atoms with Crippen molar-refractivity contribution in [2.75, 3.05) is 12.4 Å². The van der Waals surface area contributed by atoms with Crippen LogP contribution in [0.15, 0.2) is 49.1 Å². The number of aryl methyl sites for hydroxylation is 1. The minimum Gasteiger partial charge on any atom is -0.494 e. The average Bonchev–Trinajstić information content (AvgIpc) is 3.22. The van der Waals surface area contributed by atoms with Gasteiger partial charge in [-0.15, -0.1) is 10.2 Å². The van der Waals surface area contributed by atoms with Crippen molar-refractivity contribution in [2.24, 2.45) is 0 Å². The summed E-state index contributed by atoms with van der Waals surface area (Å²) in [7, 11) is 1.53. The van der Waals surface area contributed by atoms with Crippen LogP contribution in [0, 0.1) is 6.92 Å². The van der Waals surface area contributed by atoms with E-state index in [9.17, 15) is 4.79 Å². The Morgan fingerprint density at radius 3 is 2.67 bits per heavy atom. The van der Waals surface area contributed by atoms with Gasteiger partial charge in [-0.1, -0.05) is 22.9 Å². The zero-order chi connectivity index (χ0) is 21.1. The second-order valence-electron chi connectivity index (χ2n) is 6.18. The first kappa shape index (κ1) is 19.9. The predicted molar refractivity (Wildman–Crippen MR) is 115 cm³/mol. The zero-order valence-corrected chi connectivity index (χ0v) is 17.5. The third-order valence-electron chi connectivity index (χ3n) is 4.20. The Morgan fingerprint density at radius 2 is 1.90 bits per heavy atom. The molecule has 0 aliphatic carbocycles. The van der Waals surface area contributed by atoms with Crippen LogP contribution in [0.1, 0.15) is 16.1 Å². The van der Waals surface area contributed by atoms with Crippen molar-refractivity contribution in [1.82, 2.24) is 25.1 Å². The maximum atomic E-state index is 13.0. The van der Waals surface area contributed by atoms with Gasteiger partial charge < -0.3 is 4.74 Å². The standard InChI is InChI=1S/C20H15ClN6O2S/c1-11-7-13(14-8-17(21)24-10-16(14)29-2)15(9-23-11)18(28)25-20-27-26-19(30-20)12-3-5-22-6-4-12/h3-10H,1-2H3,(H,25,27,28). The van der Waals surface area contributed by atoms with E-state index in [0.29, 0.717) is 32.6 Å². The highest BCUT2D eigenvalue weighted by Gasteiger charge is 2.19. The molecule has 4 aromatic rings. The van der Waals surface area contributed by atoms with Crippen LogP contribution in [0.2, 0.25) is 5.15 Å². The van der Waals surface area contributed by atoms with Gasteiger partial charge in [0.2, 0.25) is 5.13 Å². The Bertz CT molecular complexity index is 1220. The van der Waals surface area contributed by atoms with Crippen LogP contribution in [0.5, 0.6) is 5.75 Å². The molecule has 0 radical (unpaired) electrons. The van der Waals surface area contributed by atoms with E-state index in [1.807, 2.05) is 19.1 Å². The van der Waals surface area contributed by atoms with Crippen LogP contribution < -0.4 is 10.1 Å². The highest BCUT2D eigenvalue weighted by Crippen LogP contribution is 2.34. The highest BCUT2D eigenvalue weighted by atomic mass is 35.5. The lowest BCUT2D eigenvalue weighted by Crippen LogP contribution is -2.14. The first-order chi connectivity index (χ1) is 14.5. The van der Waals surface area contributed by atoms with E-state index in [2.05, 4.69) is 30.5 Å². The van der Waals surface area contributed by atoms with Crippen molar-refractivity contribution in [3.05, 3.63) is 65.5 Å². The van der Waals surface area contributed by atoms with Crippen LogP contribution in [-0.4, -0.2) is 38.2 Å². The Balaban J connectivity index is 1.68. The number of anilines is 1. The highest BCUT2D eigenvalue weighted by molar-refractivity contribution is 7.18. The fourth-order valence-electron chi connectivity index (χ4n) is 2.80. The molecule has 4 heterocycles. The van der Waals surface area contributed by atoms with Gasteiger partial charge in [0.1, 0.15) is 15.9 Å². The summed E-state index contributed by atoms with van der Waals surface area (Å²) in [5.41, 5.74) is 3.23. The monoisotopic (exact) mass is 438 g/mol.